The zero-order valence-electron chi connectivity index (χ0n) is 16.1. The molecule has 0 radical (unpaired) electrons. The van der Waals surface area contributed by atoms with Gasteiger partial charge in [0.25, 0.3) is 0 Å². The Labute approximate surface area is 151 Å². The molecule has 2 rings (SSSR count). The van der Waals surface area contributed by atoms with Crippen LogP contribution in [-0.2, 0) is 9.47 Å². The Kier molecular flexibility index (Phi) is 6.93. The molecule has 0 atom stereocenters. The summed E-state index contributed by atoms with van der Waals surface area (Å²) in [5.74, 6) is 0. The van der Waals surface area contributed by atoms with Crippen molar-refractivity contribution in [2.45, 2.75) is 58.6 Å². The van der Waals surface area contributed by atoms with E-state index in [1.165, 1.54) is 0 Å². The third-order valence-corrected chi connectivity index (χ3v) is 4.69. The molecule has 0 aromatic carbocycles. The van der Waals surface area contributed by atoms with Crippen molar-refractivity contribution in [3.05, 3.63) is 0 Å². The van der Waals surface area contributed by atoms with E-state index in [0.717, 1.165) is 52.0 Å². The molecule has 2 heterocycles. The van der Waals surface area contributed by atoms with E-state index in [1.54, 1.807) is 4.90 Å². The van der Waals surface area contributed by atoms with Gasteiger partial charge in [0.15, 0.2) is 0 Å². The molecule has 0 aliphatic carbocycles. The van der Waals surface area contributed by atoms with Crippen LogP contribution in [0.1, 0.15) is 47.0 Å². The quantitative estimate of drug-likeness (QED) is 0.762. The number of carbonyl (C=O) groups is 2. The average Bonchev–Trinajstić information content (AvgIpc) is 2.80. The molecule has 7 heteroatoms. The van der Waals surface area contributed by atoms with E-state index in [-0.39, 0.29) is 12.2 Å². The fourth-order valence-corrected chi connectivity index (χ4v) is 3.44. The predicted octanol–water partition coefficient (Wildman–Crippen LogP) is 2.55. The van der Waals surface area contributed by atoms with Gasteiger partial charge in [0, 0.05) is 45.3 Å². The highest BCUT2D eigenvalue weighted by molar-refractivity contribution is 5.68. The van der Waals surface area contributed by atoms with Crippen LogP contribution in [0, 0.1) is 0 Å². The van der Waals surface area contributed by atoms with E-state index in [2.05, 4.69) is 4.90 Å². The van der Waals surface area contributed by atoms with Gasteiger partial charge in [0.05, 0.1) is 6.61 Å². The molecule has 25 heavy (non-hydrogen) atoms. The van der Waals surface area contributed by atoms with Gasteiger partial charge in [0.1, 0.15) is 5.60 Å². The Bertz CT molecular complexity index is 456. The molecule has 2 saturated heterocycles. The third-order valence-electron chi connectivity index (χ3n) is 4.69. The maximum atomic E-state index is 12.2. The number of rotatable bonds is 2. The largest absolute Gasteiger partial charge is 0.450 e. The predicted molar refractivity (Wildman–Crippen MR) is 95.6 cm³/mol. The number of piperidine rings is 1. The lowest BCUT2D eigenvalue weighted by Gasteiger charge is -2.38. The van der Waals surface area contributed by atoms with Gasteiger partial charge >= 0.3 is 12.2 Å². The summed E-state index contributed by atoms with van der Waals surface area (Å²) >= 11 is 0. The number of hydrogen-bond donors (Lipinski definition) is 0. The minimum Gasteiger partial charge on any atom is -0.450 e. The van der Waals surface area contributed by atoms with Crippen molar-refractivity contribution in [1.29, 1.82) is 0 Å². The zero-order chi connectivity index (χ0) is 18.4. The molecule has 144 valence electrons. The minimum atomic E-state index is -0.449. The van der Waals surface area contributed by atoms with Crippen molar-refractivity contribution >= 4 is 12.2 Å². The summed E-state index contributed by atoms with van der Waals surface area (Å²) < 4.78 is 10.6. The lowest BCUT2D eigenvalue weighted by Crippen LogP contribution is -2.48. The van der Waals surface area contributed by atoms with Gasteiger partial charge in [-0.25, -0.2) is 9.59 Å². The number of likely N-dealkylation sites (tertiary alicyclic amines) is 1. The van der Waals surface area contributed by atoms with Gasteiger partial charge in [-0.15, -0.1) is 0 Å². The summed E-state index contributed by atoms with van der Waals surface area (Å²) in [6.07, 6.45) is 2.46. The van der Waals surface area contributed by atoms with E-state index in [1.807, 2.05) is 32.6 Å². The molecule has 0 saturated carbocycles. The van der Waals surface area contributed by atoms with Crippen LogP contribution in [-0.4, -0.2) is 84.4 Å². The van der Waals surface area contributed by atoms with E-state index in [0.29, 0.717) is 19.2 Å². The topological polar surface area (TPSA) is 62.3 Å². The van der Waals surface area contributed by atoms with E-state index in [4.69, 9.17) is 9.47 Å². The molecule has 2 aliphatic rings. The van der Waals surface area contributed by atoms with Crippen LogP contribution in [0.15, 0.2) is 0 Å². The Morgan fingerprint density at radius 1 is 0.920 bits per heavy atom. The van der Waals surface area contributed by atoms with Crippen LogP contribution in [0.3, 0.4) is 0 Å². The standard InChI is InChI=1S/C18H33N3O4/c1-5-24-16(22)20-10-6-9-19(13-14-20)15-7-11-21(12-8-15)17(23)25-18(2,3)4/h15H,5-14H2,1-4H3. The van der Waals surface area contributed by atoms with Crippen LogP contribution < -0.4 is 0 Å². The highest BCUT2D eigenvalue weighted by atomic mass is 16.6. The highest BCUT2D eigenvalue weighted by Gasteiger charge is 2.30. The maximum absolute atomic E-state index is 12.2. The molecule has 0 aromatic heterocycles. The summed E-state index contributed by atoms with van der Waals surface area (Å²) in [7, 11) is 0. The van der Waals surface area contributed by atoms with Crippen LogP contribution >= 0.6 is 0 Å². The Balaban J connectivity index is 1.79. The zero-order valence-corrected chi connectivity index (χ0v) is 16.1. The van der Waals surface area contributed by atoms with E-state index < -0.39 is 5.60 Å². The first-order valence-corrected chi connectivity index (χ1v) is 9.44. The summed E-state index contributed by atoms with van der Waals surface area (Å²) in [4.78, 5) is 30.1. The Morgan fingerprint density at radius 2 is 1.56 bits per heavy atom. The second-order valence-corrected chi connectivity index (χ2v) is 7.77. The molecule has 2 amide bonds. The van der Waals surface area contributed by atoms with Gasteiger partial charge in [-0.1, -0.05) is 0 Å². The molecule has 0 N–H and O–H groups in total. The smallest absolute Gasteiger partial charge is 0.410 e. The first-order valence-electron chi connectivity index (χ1n) is 9.44. The van der Waals surface area contributed by atoms with Gasteiger partial charge in [-0.3, -0.25) is 4.90 Å². The van der Waals surface area contributed by atoms with Crippen LogP contribution in [0.2, 0.25) is 0 Å². The molecule has 0 aromatic rings. The lowest BCUT2D eigenvalue weighted by atomic mass is 10.0. The molecular weight excluding hydrogens is 322 g/mol. The van der Waals surface area contributed by atoms with Gasteiger partial charge in [-0.05, 0) is 47.0 Å². The maximum Gasteiger partial charge on any atom is 0.410 e. The first kappa shape index (κ1) is 19.8. The van der Waals surface area contributed by atoms with Crippen LogP contribution in [0.25, 0.3) is 0 Å². The average molecular weight is 355 g/mol. The second kappa shape index (κ2) is 8.74. The summed E-state index contributed by atoms with van der Waals surface area (Å²) in [6.45, 7) is 12.7. The van der Waals surface area contributed by atoms with Crippen molar-refractivity contribution in [2.24, 2.45) is 0 Å². The van der Waals surface area contributed by atoms with E-state index in [9.17, 15) is 9.59 Å². The monoisotopic (exact) mass is 355 g/mol. The van der Waals surface area contributed by atoms with Crippen molar-refractivity contribution in [1.82, 2.24) is 14.7 Å². The normalized spacial score (nSPS) is 21.0. The lowest BCUT2D eigenvalue weighted by molar-refractivity contribution is 0.0144. The van der Waals surface area contributed by atoms with Gasteiger partial charge in [0.2, 0.25) is 0 Å². The van der Waals surface area contributed by atoms with Crippen molar-refractivity contribution in [2.75, 3.05) is 45.9 Å². The van der Waals surface area contributed by atoms with Gasteiger partial charge in [-0.2, -0.15) is 0 Å². The van der Waals surface area contributed by atoms with Crippen LogP contribution in [0.4, 0.5) is 9.59 Å². The fraction of sp³-hybridized carbons (Fsp3) is 0.889. The van der Waals surface area contributed by atoms with Gasteiger partial charge < -0.3 is 19.3 Å². The fourth-order valence-electron chi connectivity index (χ4n) is 3.44. The van der Waals surface area contributed by atoms with Crippen molar-refractivity contribution in [3.63, 3.8) is 0 Å². The SMILES string of the molecule is CCOC(=O)N1CCCN(C2CCN(C(=O)OC(C)(C)C)CC2)CC1. The number of carbonyl (C=O) groups excluding carboxylic acids is 2. The first-order chi connectivity index (χ1) is 11.8. The number of nitrogens with zero attached hydrogens (tertiary/aromatic N) is 3. The number of hydrogen-bond acceptors (Lipinski definition) is 5. The molecule has 0 spiro atoms. The highest BCUT2D eigenvalue weighted by Crippen LogP contribution is 2.20. The van der Waals surface area contributed by atoms with Crippen LogP contribution in [0.5, 0.6) is 0 Å². The summed E-state index contributed by atoms with van der Waals surface area (Å²) in [5, 5.41) is 0. The number of ether oxygens (including phenoxy) is 2. The molecule has 7 nitrogen and oxygen atoms in total. The third kappa shape index (κ3) is 6.06. The minimum absolute atomic E-state index is 0.205. The van der Waals surface area contributed by atoms with E-state index >= 15 is 0 Å². The molecule has 2 fully saturated rings. The molecule has 2 aliphatic heterocycles. The number of amides is 2. The summed E-state index contributed by atoms with van der Waals surface area (Å²) in [5.41, 5.74) is -0.449. The Morgan fingerprint density at radius 3 is 2.16 bits per heavy atom. The van der Waals surface area contributed by atoms with Crippen molar-refractivity contribution in [3.8, 4) is 0 Å². The molecule has 0 unspecified atom stereocenters. The molecular formula is C18H33N3O4. The summed E-state index contributed by atoms with van der Waals surface area (Å²) in [6, 6.07) is 0.473. The Hall–Kier alpha value is -1.50. The van der Waals surface area contributed by atoms with Crippen molar-refractivity contribution < 1.29 is 19.1 Å². The molecule has 0 bridgehead atoms. The second-order valence-electron chi connectivity index (χ2n) is 7.77.